The first kappa shape index (κ1) is 25.3. The van der Waals surface area contributed by atoms with Crippen LogP contribution in [-0.2, 0) is 0 Å². The maximum absolute atomic E-state index is 2.77. The molecular weight excluding hydrogens is 509 g/mol. The molecule has 2 aliphatic rings. The third-order valence-corrected chi connectivity index (χ3v) is 13.6. The summed E-state index contributed by atoms with van der Waals surface area (Å²) in [6.07, 6.45) is 9.20. The van der Waals surface area contributed by atoms with Gasteiger partial charge in [-0.3, -0.25) is 0 Å². The molecule has 0 saturated heterocycles. The Balaban J connectivity index is 1.76. The van der Waals surface area contributed by atoms with E-state index in [1.54, 1.807) is 5.20 Å². The van der Waals surface area contributed by atoms with Gasteiger partial charge in [0.05, 0.1) is 0 Å². The van der Waals surface area contributed by atoms with Crippen LogP contribution >= 0.6 is 0 Å². The van der Waals surface area contributed by atoms with Crippen molar-refractivity contribution >= 4 is 34.8 Å². The molecule has 0 aromatic heterocycles. The fourth-order valence-corrected chi connectivity index (χ4v) is 12.8. The van der Waals surface area contributed by atoms with Crippen LogP contribution in [-0.4, -0.2) is 8.07 Å². The summed E-state index contributed by atoms with van der Waals surface area (Å²) in [5.74, 6) is 0. The SMILES string of the molecule is C1=CCCC([Si]2(c3ccccc3)C(c3ccccc3)=C(c3ccccc3)C(c3ccccc3)=C2c2ccccc2)=C1. The highest BCUT2D eigenvalue weighted by Gasteiger charge is 2.53. The lowest BCUT2D eigenvalue weighted by Gasteiger charge is -2.38. The second-order valence-corrected chi connectivity index (χ2v) is 14.5. The van der Waals surface area contributed by atoms with Gasteiger partial charge in [-0.1, -0.05) is 175 Å². The number of rotatable bonds is 6. The molecule has 0 radical (unpaired) electrons. The van der Waals surface area contributed by atoms with Crippen molar-refractivity contribution in [2.75, 3.05) is 0 Å². The molecule has 7 rings (SSSR count). The van der Waals surface area contributed by atoms with E-state index >= 15 is 0 Å². The molecule has 1 heterocycles. The van der Waals surface area contributed by atoms with Crippen molar-refractivity contribution in [2.45, 2.75) is 12.8 Å². The summed E-state index contributed by atoms with van der Waals surface area (Å²) in [6.45, 7) is 0. The van der Waals surface area contributed by atoms with Gasteiger partial charge in [-0.2, -0.15) is 0 Å². The molecule has 0 amide bonds. The lowest BCUT2D eigenvalue weighted by atomic mass is 9.89. The third-order valence-electron chi connectivity index (χ3n) is 8.45. The van der Waals surface area contributed by atoms with Crippen LogP contribution in [0.4, 0.5) is 0 Å². The van der Waals surface area contributed by atoms with Crippen molar-refractivity contribution in [1.29, 1.82) is 0 Å². The molecule has 0 saturated carbocycles. The highest BCUT2D eigenvalue weighted by molar-refractivity contribution is 7.26. The van der Waals surface area contributed by atoms with Crippen molar-refractivity contribution in [3.05, 3.63) is 197 Å². The Hall–Kier alpha value is -4.72. The predicted molar refractivity (Wildman–Crippen MR) is 178 cm³/mol. The van der Waals surface area contributed by atoms with Gasteiger partial charge in [0.1, 0.15) is 0 Å². The predicted octanol–water partition coefficient (Wildman–Crippen LogP) is 9.47. The maximum Gasteiger partial charge on any atom is 0.178 e. The number of hydrogen-bond acceptors (Lipinski definition) is 0. The Morgan fingerprint density at radius 1 is 0.415 bits per heavy atom. The van der Waals surface area contributed by atoms with E-state index in [9.17, 15) is 0 Å². The van der Waals surface area contributed by atoms with Crippen LogP contribution in [0.15, 0.2) is 175 Å². The fourth-order valence-electron chi connectivity index (χ4n) is 6.87. The third kappa shape index (κ3) is 4.30. The highest BCUT2D eigenvalue weighted by atomic mass is 28.3. The van der Waals surface area contributed by atoms with E-state index in [0.717, 1.165) is 12.8 Å². The van der Waals surface area contributed by atoms with E-state index < -0.39 is 8.07 Å². The van der Waals surface area contributed by atoms with Gasteiger partial charge in [-0.25, -0.2) is 0 Å². The van der Waals surface area contributed by atoms with Gasteiger partial charge in [-0.05, 0) is 61.8 Å². The van der Waals surface area contributed by atoms with E-state index in [0.29, 0.717) is 0 Å². The van der Waals surface area contributed by atoms with Crippen molar-refractivity contribution in [3.63, 3.8) is 0 Å². The first-order valence-electron chi connectivity index (χ1n) is 14.5. The first-order chi connectivity index (χ1) is 20.4. The quantitative estimate of drug-likeness (QED) is 0.188. The van der Waals surface area contributed by atoms with E-state index in [2.05, 4.69) is 170 Å². The molecule has 0 spiro atoms. The van der Waals surface area contributed by atoms with Gasteiger partial charge in [0.15, 0.2) is 8.07 Å². The number of benzene rings is 5. The van der Waals surface area contributed by atoms with Gasteiger partial charge in [0.2, 0.25) is 0 Å². The molecule has 0 bridgehead atoms. The minimum absolute atomic E-state index is 1.06. The summed E-state index contributed by atoms with van der Waals surface area (Å²) >= 11 is 0. The molecule has 1 aliphatic carbocycles. The van der Waals surface area contributed by atoms with E-state index in [-0.39, 0.29) is 0 Å². The highest BCUT2D eigenvalue weighted by Crippen LogP contribution is 2.58. The number of hydrogen-bond donors (Lipinski definition) is 0. The Kier molecular flexibility index (Phi) is 6.80. The molecule has 1 heteroatoms. The molecule has 1 aliphatic heterocycles. The zero-order valence-electron chi connectivity index (χ0n) is 23.1. The van der Waals surface area contributed by atoms with Crippen molar-refractivity contribution in [1.82, 2.24) is 0 Å². The van der Waals surface area contributed by atoms with Crippen LogP contribution in [0.2, 0.25) is 0 Å². The van der Waals surface area contributed by atoms with Crippen LogP contribution in [0.1, 0.15) is 35.1 Å². The normalized spacial score (nSPS) is 16.1. The summed E-state index contributed by atoms with van der Waals surface area (Å²) in [7, 11) is -2.77. The zero-order valence-corrected chi connectivity index (χ0v) is 24.1. The van der Waals surface area contributed by atoms with E-state index in [1.165, 1.54) is 49.0 Å². The minimum atomic E-state index is -2.77. The van der Waals surface area contributed by atoms with Crippen LogP contribution in [0.5, 0.6) is 0 Å². The van der Waals surface area contributed by atoms with Gasteiger partial charge >= 0.3 is 0 Å². The fraction of sp³-hybridized carbons (Fsp3) is 0.0500. The molecule has 5 aromatic rings. The Morgan fingerprint density at radius 2 is 0.805 bits per heavy atom. The molecule has 0 atom stereocenters. The van der Waals surface area contributed by atoms with Crippen LogP contribution in [0.25, 0.3) is 21.5 Å². The molecule has 0 nitrogen and oxygen atoms in total. The molecule has 196 valence electrons. The smallest absolute Gasteiger partial charge is 0.0842 e. The van der Waals surface area contributed by atoms with Crippen molar-refractivity contribution in [2.24, 2.45) is 0 Å². The average Bonchev–Trinajstić information content (AvgIpc) is 3.40. The minimum Gasteiger partial charge on any atom is -0.0842 e. The summed E-state index contributed by atoms with van der Waals surface area (Å²) in [6, 6.07) is 56.0. The molecular formula is C40H32Si. The zero-order chi connectivity index (χ0) is 27.5. The van der Waals surface area contributed by atoms with Crippen molar-refractivity contribution < 1.29 is 0 Å². The Bertz CT molecular complexity index is 1680. The standard InChI is InChI=1S/C40H32Si/c1-7-19-31(20-8-1)37-38(32-21-9-2-10-22-32)40(34-25-13-4-14-26-34)41(35-27-15-5-16-28-35,36-29-17-6-18-30-36)39(37)33-23-11-3-12-24-33/h1-17,19-29H,18,30H2. The second kappa shape index (κ2) is 11.0. The molecule has 5 aromatic carbocycles. The molecule has 0 N–H and O–H groups in total. The summed E-state index contributed by atoms with van der Waals surface area (Å²) in [5, 5.41) is 6.01. The van der Waals surface area contributed by atoms with E-state index in [1.807, 2.05) is 0 Å². The lowest BCUT2D eigenvalue weighted by molar-refractivity contribution is 1.01. The van der Waals surface area contributed by atoms with Crippen molar-refractivity contribution in [3.8, 4) is 0 Å². The number of allylic oxidation sites excluding steroid dienone is 6. The van der Waals surface area contributed by atoms with Crippen LogP contribution in [0, 0.1) is 0 Å². The largest absolute Gasteiger partial charge is 0.178 e. The summed E-state index contributed by atoms with van der Waals surface area (Å²) < 4.78 is 0. The van der Waals surface area contributed by atoms with Gasteiger partial charge in [0, 0.05) is 0 Å². The topological polar surface area (TPSA) is 0 Å². The molecule has 41 heavy (non-hydrogen) atoms. The van der Waals surface area contributed by atoms with E-state index in [4.69, 9.17) is 0 Å². The maximum atomic E-state index is 2.45. The first-order valence-corrected chi connectivity index (χ1v) is 16.5. The second-order valence-electron chi connectivity index (χ2n) is 10.7. The Labute approximate surface area is 244 Å². The monoisotopic (exact) mass is 540 g/mol. The van der Waals surface area contributed by atoms with Gasteiger partial charge < -0.3 is 0 Å². The van der Waals surface area contributed by atoms with Gasteiger partial charge in [0.25, 0.3) is 0 Å². The molecule has 0 unspecified atom stereocenters. The Morgan fingerprint density at radius 3 is 1.20 bits per heavy atom. The summed E-state index contributed by atoms with van der Waals surface area (Å²) in [5.41, 5.74) is 7.92. The van der Waals surface area contributed by atoms with Crippen LogP contribution < -0.4 is 5.19 Å². The summed E-state index contributed by atoms with van der Waals surface area (Å²) in [4.78, 5) is 0. The lowest BCUT2D eigenvalue weighted by Crippen LogP contribution is -2.52. The average molecular weight is 541 g/mol. The molecule has 0 fully saturated rings. The van der Waals surface area contributed by atoms with Crippen LogP contribution in [0.3, 0.4) is 0 Å². The van der Waals surface area contributed by atoms with Gasteiger partial charge in [-0.15, -0.1) is 0 Å².